The van der Waals surface area contributed by atoms with Gasteiger partial charge in [0.1, 0.15) is 5.82 Å². The van der Waals surface area contributed by atoms with Crippen LogP contribution in [0.5, 0.6) is 0 Å². The minimum atomic E-state index is -4.76. The first-order valence-corrected chi connectivity index (χ1v) is 7.46. The highest BCUT2D eigenvalue weighted by Gasteiger charge is 2.38. The number of rotatable bonds is 4. The van der Waals surface area contributed by atoms with Gasteiger partial charge in [-0.25, -0.2) is 4.39 Å². The lowest BCUT2D eigenvalue weighted by molar-refractivity contribution is -0.141. The van der Waals surface area contributed by atoms with Gasteiger partial charge in [0.2, 0.25) is 0 Å². The van der Waals surface area contributed by atoms with E-state index in [1.54, 1.807) is 4.90 Å². The molecule has 0 amide bonds. The normalized spacial score (nSPS) is 18.6. The molecule has 2 nitrogen and oxygen atoms in total. The molecule has 136 valence electrons. The van der Waals surface area contributed by atoms with Crippen LogP contribution < -0.4 is 5.32 Å². The molecule has 1 atom stereocenters. The molecule has 0 aliphatic carbocycles. The van der Waals surface area contributed by atoms with Crippen LogP contribution >= 0.6 is 0 Å². The number of piperazine rings is 1. The van der Waals surface area contributed by atoms with Crippen molar-refractivity contribution < 1.29 is 30.7 Å². The molecule has 0 aromatic heterocycles. The Morgan fingerprint density at radius 1 is 1.04 bits per heavy atom. The molecule has 1 saturated heterocycles. The van der Waals surface area contributed by atoms with Crippen molar-refractivity contribution in [1.29, 1.82) is 0 Å². The zero-order chi connectivity index (χ0) is 18.0. The number of benzene rings is 1. The van der Waals surface area contributed by atoms with Gasteiger partial charge >= 0.3 is 12.4 Å². The average Bonchev–Trinajstić information content (AvgIpc) is 2.46. The van der Waals surface area contributed by atoms with Gasteiger partial charge in [0.05, 0.1) is 5.56 Å². The molecule has 1 heterocycles. The molecule has 0 radical (unpaired) electrons. The van der Waals surface area contributed by atoms with Crippen molar-refractivity contribution in [1.82, 2.24) is 10.2 Å². The zero-order valence-corrected chi connectivity index (χ0v) is 12.6. The van der Waals surface area contributed by atoms with Crippen molar-refractivity contribution in [2.75, 3.05) is 26.2 Å². The fourth-order valence-corrected chi connectivity index (χ4v) is 2.90. The first-order valence-electron chi connectivity index (χ1n) is 7.46. The van der Waals surface area contributed by atoms with Gasteiger partial charge in [0.25, 0.3) is 0 Å². The summed E-state index contributed by atoms with van der Waals surface area (Å²) in [5.41, 5.74) is -1.52. The Labute approximate surface area is 134 Å². The monoisotopic (exact) mass is 358 g/mol. The predicted molar refractivity (Wildman–Crippen MR) is 73.9 cm³/mol. The maximum atomic E-state index is 13.5. The molecular weight excluding hydrogens is 341 g/mol. The molecule has 1 N–H and O–H groups in total. The van der Waals surface area contributed by atoms with E-state index in [0.29, 0.717) is 44.4 Å². The average molecular weight is 358 g/mol. The second-order valence-electron chi connectivity index (χ2n) is 5.68. The lowest BCUT2D eigenvalue weighted by atomic mass is 9.94. The highest BCUT2D eigenvalue weighted by atomic mass is 19.4. The van der Waals surface area contributed by atoms with Crippen LogP contribution in [-0.2, 0) is 6.18 Å². The summed E-state index contributed by atoms with van der Waals surface area (Å²) >= 11 is 0. The van der Waals surface area contributed by atoms with Crippen molar-refractivity contribution in [3.63, 3.8) is 0 Å². The maximum absolute atomic E-state index is 13.5. The van der Waals surface area contributed by atoms with Crippen LogP contribution in [-0.4, -0.2) is 37.3 Å². The van der Waals surface area contributed by atoms with Crippen molar-refractivity contribution in [3.8, 4) is 0 Å². The zero-order valence-electron chi connectivity index (χ0n) is 12.6. The Hall–Kier alpha value is -1.35. The van der Waals surface area contributed by atoms with Gasteiger partial charge < -0.3 is 5.32 Å². The van der Waals surface area contributed by atoms with E-state index in [1.807, 2.05) is 0 Å². The van der Waals surface area contributed by atoms with Crippen LogP contribution in [0.4, 0.5) is 30.7 Å². The Balaban J connectivity index is 2.40. The first-order chi connectivity index (χ1) is 11.1. The summed E-state index contributed by atoms with van der Waals surface area (Å²) in [6.07, 6.45) is -11.0. The third kappa shape index (κ3) is 5.07. The minimum Gasteiger partial charge on any atom is -0.314 e. The second kappa shape index (κ2) is 7.26. The van der Waals surface area contributed by atoms with Crippen LogP contribution in [0, 0.1) is 5.82 Å². The number of hydrogen-bond donors (Lipinski definition) is 1. The Kier molecular flexibility index (Phi) is 5.74. The lowest BCUT2D eigenvalue weighted by Crippen LogP contribution is -2.45. The van der Waals surface area contributed by atoms with Crippen molar-refractivity contribution in [2.24, 2.45) is 0 Å². The second-order valence-corrected chi connectivity index (χ2v) is 5.68. The molecule has 2 rings (SSSR count). The van der Waals surface area contributed by atoms with E-state index in [-0.39, 0.29) is 0 Å². The molecule has 9 heteroatoms. The maximum Gasteiger partial charge on any atom is 0.416 e. The van der Waals surface area contributed by atoms with E-state index in [4.69, 9.17) is 0 Å². The largest absolute Gasteiger partial charge is 0.416 e. The molecule has 0 bridgehead atoms. The van der Waals surface area contributed by atoms with Gasteiger partial charge in [-0.1, -0.05) is 0 Å². The number of alkyl halides is 6. The molecular formula is C15H17F7N2. The number of nitrogens with zero attached hydrogens (tertiary/aromatic N) is 1. The van der Waals surface area contributed by atoms with E-state index < -0.39 is 48.2 Å². The third-order valence-corrected chi connectivity index (χ3v) is 3.97. The molecule has 1 aliphatic heterocycles. The van der Waals surface area contributed by atoms with Crippen LogP contribution in [0.25, 0.3) is 0 Å². The Morgan fingerprint density at radius 3 is 2.21 bits per heavy atom. The number of nitrogens with one attached hydrogen (secondary N) is 1. The summed E-state index contributed by atoms with van der Waals surface area (Å²) in [7, 11) is 0. The summed E-state index contributed by atoms with van der Waals surface area (Å²) in [4.78, 5) is 1.55. The topological polar surface area (TPSA) is 15.3 Å². The predicted octanol–water partition coefficient (Wildman–Crippen LogP) is 4.13. The Morgan fingerprint density at radius 2 is 1.67 bits per heavy atom. The Bertz CT molecular complexity index is 548. The van der Waals surface area contributed by atoms with Gasteiger partial charge in [-0.3, -0.25) is 4.90 Å². The van der Waals surface area contributed by atoms with Gasteiger partial charge in [0.15, 0.2) is 0 Å². The van der Waals surface area contributed by atoms with E-state index in [0.717, 1.165) is 0 Å². The van der Waals surface area contributed by atoms with Gasteiger partial charge in [0, 0.05) is 38.6 Å². The molecule has 1 fully saturated rings. The van der Waals surface area contributed by atoms with Crippen molar-refractivity contribution in [2.45, 2.75) is 31.2 Å². The fraction of sp³-hybridized carbons (Fsp3) is 0.600. The fourth-order valence-electron chi connectivity index (χ4n) is 2.90. The smallest absolute Gasteiger partial charge is 0.314 e. The molecule has 0 unspecified atom stereocenters. The van der Waals surface area contributed by atoms with Gasteiger partial charge in [-0.2, -0.15) is 26.3 Å². The highest BCUT2D eigenvalue weighted by molar-refractivity contribution is 5.33. The standard InChI is InChI=1S/C15H17F7N2/c16-10-1-2-12(15(20,21)22)11(9-10)13(3-4-14(17,18)19)24-7-5-23-6-8-24/h1-2,9,13,23H,3-8H2/t13-/m0/s1. The van der Waals surface area contributed by atoms with E-state index in [9.17, 15) is 30.7 Å². The van der Waals surface area contributed by atoms with Crippen molar-refractivity contribution in [3.05, 3.63) is 35.1 Å². The van der Waals surface area contributed by atoms with Crippen LogP contribution in [0.1, 0.15) is 30.0 Å². The molecule has 24 heavy (non-hydrogen) atoms. The summed E-state index contributed by atoms with van der Waals surface area (Å²) in [5, 5.41) is 2.99. The van der Waals surface area contributed by atoms with Crippen LogP contribution in [0.3, 0.4) is 0 Å². The van der Waals surface area contributed by atoms with E-state index in [1.165, 1.54) is 0 Å². The third-order valence-electron chi connectivity index (χ3n) is 3.97. The molecule has 0 saturated carbocycles. The van der Waals surface area contributed by atoms with Gasteiger partial charge in [-0.15, -0.1) is 0 Å². The number of halogens is 7. The summed E-state index contributed by atoms with van der Waals surface area (Å²) < 4.78 is 90.9. The van der Waals surface area contributed by atoms with Gasteiger partial charge in [-0.05, 0) is 30.2 Å². The summed E-state index contributed by atoms with van der Waals surface area (Å²) in [6, 6.07) is 0.825. The summed E-state index contributed by atoms with van der Waals surface area (Å²) in [6.45, 7) is 1.52. The van der Waals surface area contributed by atoms with E-state index in [2.05, 4.69) is 5.32 Å². The molecule has 1 aromatic rings. The SMILES string of the molecule is Fc1ccc(C(F)(F)F)c([C@H](CCC(F)(F)F)N2CCNCC2)c1. The molecule has 1 aromatic carbocycles. The molecule has 0 spiro atoms. The molecule has 1 aliphatic rings. The first kappa shape index (κ1) is 19.0. The number of hydrogen-bond acceptors (Lipinski definition) is 2. The minimum absolute atomic E-state index is 0.302. The van der Waals surface area contributed by atoms with Crippen molar-refractivity contribution >= 4 is 0 Å². The lowest BCUT2D eigenvalue weighted by Gasteiger charge is -2.36. The van der Waals surface area contributed by atoms with Crippen LogP contribution in [0.15, 0.2) is 18.2 Å². The van der Waals surface area contributed by atoms with E-state index >= 15 is 0 Å². The summed E-state index contributed by atoms with van der Waals surface area (Å²) in [5.74, 6) is -0.898. The van der Waals surface area contributed by atoms with Crippen LogP contribution in [0.2, 0.25) is 0 Å². The highest BCUT2D eigenvalue weighted by Crippen LogP contribution is 2.39. The quantitative estimate of drug-likeness (QED) is 0.814.